The van der Waals surface area contributed by atoms with E-state index < -0.39 is 0 Å². The van der Waals surface area contributed by atoms with E-state index in [1.54, 1.807) is 11.6 Å². The SMILES string of the molecule is Cn1c(=O)c(Sc2nc3ccccc3s2)c(O)c2ccccc21. The van der Waals surface area contributed by atoms with Crippen molar-refractivity contribution >= 4 is 44.2 Å². The number of benzene rings is 2. The van der Waals surface area contributed by atoms with Crippen LogP contribution in [0.3, 0.4) is 0 Å². The Hall–Kier alpha value is -2.31. The van der Waals surface area contributed by atoms with Gasteiger partial charge in [0.25, 0.3) is 5.56 Å². The Morgan fingerprint density at radius 2 is 1.87 bits per heavy atom. The largest absolute Gasteiger partial charge is 0.506 e. The van der Waals surface area contributed by atoms with Crippen molar-refractivity contribution in [2.24, 2.45) is 7.05 Å². The highest BCUT2D eigenvalue weighted by atomic mass is 32.2. The maximum absolute atomic E-state index is 12.6. The molecular formula is C17H12N2O2S2. The lowest BCUT2D eigenvalue weighted by atomic mass is 10.2. The fraction of sp³-hybridized carbons (Fsp3) is 0.0588. The number of rotatable bonds is 2. The molecule has 0 spiro atoms. The van der Waals surface area contributed by atoms with Crippen molar-refractivity contribution in [2.45, 2.75) is 9.24 Å². The molecule has 0 radical (unpaired) electrons. The van der Waals surface area contributed by atoms with Gasteiger partial charge in [0.05, 0.1) is 15.7 Å². The van der Waals surface area contributed by atoms with E-state index in [2.05, 4.69) is 4.98 Å². The summed E-state index contributed by atoms with van der Waals surface area (Å²) in [5.74, 6) is 0.0213. The van der Waals surface area contributed by atoms with Crippen LogP contribution in [0.5, 0.6) is 5.75 Å². The molecule has 1 N–H and O–H groups in total. The van der Waals surface area contributed by atoms with E-state index in [1.807, 2.05) is 48.5 Å². The summed E-state index contributed by atoms with van der Waals surface area (Å²) in [6.07, 6.45) is 0. The number of para-hydroxylation sites is 2. The van der Waals surface area contributed by atoms with Crippen LogP contribution in [0.4, 0.5) is 0 Å². The zero-order valence-electron chi connectivity index (χ0n) is 12.2. The van der Waals surface area contributed by atoms with Crippen molar-refractivity contribution in [2.75, 3.05) is 0 Å². The third-order valence-corrected chi connectivity index (χ3v) is 5.87. The molecular weight excluding hydrogens is 328 g/mol. The van der Waals surface area contributed by atoms with Crippen molar-refractivity contribution in [3.05, 3.63) is 58.9 Å². The molecule has 6 heteroatoms. The molecule has 4 nitrogen and oxygen atoms in total. The zero-order valence-corrected chi connectivity index (χ0v) is 13.8. The number of nitrogens with zero attached hydrogens (tertiary/aromatic N) is 2. The summed E-state index contributed by atoms with van der Waals surface area (Å²) in [6, 6.07) is 15.2. The minimum Gasteiger partial charge on any atom is -0.506 e. The Kier molecular flexibility index (Phi) is 3.36. The van der Waals surface area contributed by atoms with Gasteiger partial charge in [0.15, 0.2) is 4.34 Å². The average molecular weight is 340 g/mol. The third-order valence-electron chi connectivity index (χ3n) is 3.70. The van der Waals surface area contributed by atoms with Crippen molar-refractivity contribution in [3.63, 3.8) is 0 Å². The molecule has 114 valence electrons. The van der Waals surface area contributed by atoms with Crippen LogP contribution in [0, 0.1) is 0 Å². The van der Waals surface area contributed by atoms with Gasteiger partial charge < -0.3 is 9.67 Å². The molecule has 0 amide bonds. The Morgan fingerprint density at radius 3 is 2.70 bits per heavy atom. The highest BCUT2D eigenvalue weighted by molar-refractivity contribution is 8.01. The van der Waals surface area contributed by atoms with Gasteiger partial charge >= 0.3 is 0 Å². The Morgan fingerprint density at radius 1 is 1.13 bits per heavy atom. The fourth-order valence-corrected chi connectivity index (χ4v) is 4.66. The summed E-state index contributed by atoms with van der Waals surface area (Å²) in [5.41, 5.74) is 1.39. The number of pyridine rings is 1. The van der Waals surface area contributed by atoms with Crippen molar-refractivity contribution in [1.29, 1.82) is 0 Å². The highest BCUT2D eigenvalue weighted by Gasteiger charge is 2.17. The van der Waals surface area contributed by atoms with E-state index in [0.29, 0.717) is 15.8 Å². The van der Waals surface area contributed by atoms with E-state index in [9.17, 15) is 9.90 Å². The second-order valence-electron chi connectivity index (χ2n) is 5.11. The second-order valence-corrected chi connectivity index (χ2v) is 7.40. The lowest BCUT2D eigenvalue weighted by molar-refractivity contribution is 0.465. The minimum absolute atomic E-state index is 0.0213. The summed E-state index contributed by atoms with van der Waals surface area (Å²) in [7, 11) is 1.71. The monoisotopic (exact) mass is 340 g/mol. The molecule has 0 saturated carbocycles. The van der Waals surface area contributed by atoms with E-state index in [1.165, 1.54) is 23.1 Å². The number of hydrogen-bond donors (Lipinski definition) is 1. The number of hydrogen-bond acceptors (Lipinski definition) is 5. The molecule has 0 saturated heterocycles. The van der Waals surface area contributed by atoms with Gasteiger partial charge in [0, 0.05) is 12.4 Å². The number of thiazole rings is 1. The molecule has 0 aliphatic heterocycles. The first-order chi connectivity index (χ1) is 11.1. The maximum Gasteiger partial charge on any atom is 0.268 e. The van der Waals surface area contributed by atoms with Gasteiger partial charge in [-0.25, -0.2) is 4.98 Å². The fourth-order valence-electron chi connectivity index (χ4n) is 2.53. The third kappa shape index (κ3) is 2.31. The molecule has 4 rings (SSSR count). The quantitative estimate of drug-likeness (QED) is 0.599. The molecule has 2 aromatic heterocycles. The smallest absolute Gasteiger partial charge is 0.268 e. The van der Waals surface area contributed by atoms with Crippen LogP contribution in [0.25, 0.3) is 21.1 Å². The molecule has 23 heavy (non-hydrogen) atoms. The first-order valence-electron chi connectivity index (χ1n) is 6.99. The maximum atomic E-state index is 12.6. The zero-order chi connectivity index (χ0) is 16.0. The Balaban J connectivity index is 1.90. The Bertz CT molecular complexity index is 1070. The minimum atomic E-state index is -0.217. The number of aromatic nitrogens is 2. The predicted octanol–water partition coefficient (Wildman–Crippen LogP) is 4.01. The van der Waals surface area contributed by atoms with E-state index in [0.717, 1.165) is 14.6 Å². The molecule has 0 aliphatic carbocycles. The first kappa shape index (κ1) is 14.3. The van der Waals surface area contributed by atoms with E-state index in [-0.39, 0.29) is 11.3 Å². The normalized spacial score (nSPS) is 11.3. The summed E-state index contributed by atoms with van der Waals surface area (Å²) in [4.78, 5) is 17.4. The van der Waals surface area contributed by atoms with Gasteiger partial charge in [0.2, 0.25) is 0 Å². The molecule has 0 atom stereocenters. The molecule has 0 aliphatic rings. The molecule has 0 fully saturated rings. The summed E-state index contributed by atoms with van der Waals surface area (Å²) in [6.45, 7) is 0. The van der Waals surface area contributed by atoms with Crippen molar-refractivity contribution < 1.29 is 5.11 Å². The van der Waals surface area contributed by atoms with Crippen LogP contribution in [0.2, 0.25) is 0 Å². The van der Waals surface area contributed by atoms with Crippen molar-refractivity contribution in [3.8, 4) is 5.75 Å². The number of aromatic hydroxyl groups is 1. The average Bonchev–Trinajstić information content (AvgIpc) is 2.99. The molecule has 4 aromatic rings. The van der Waals surface area contributed by atoms with Crippen LogP contribution in [-0.2, 0) is 7.05 Å². The van der Waals surface area contributed by atoms with Crippen LogP contribution in [0.1, 0.15) is 0 Å². The van der Waals surface area contributed by atoms with Gasteiger partial charge in [-0.1, -0.05) is 24.3 Å². The van der Waals surface area contributed by atoms with E-state index >= 15 is 0 Å². The standard InChI is InChI=1S/C17H12N2O2S2/c1-19-12-8-4-2-6-10(12)14(20)15(16(19)21)23-17-18-11-7-3-5-9-13(11)22-17/h2-9,20H,1H3. The lowest BCUT2D eigenvalue weighted by Gasteiger charge is -2.10. The molecule has 2 aromatic carbocycles. The summed E-state index contributed by atoms with van der Waals surface area (Å²) in [5, 5.41) is 11.2. The summed E-state index contributed by atoms with van der Waals surface area (Å²) < 4.78 is 3.37. The lowest BCUT2D eigenvalue weighted by Crippen LogP contribution is -2.18. The number of fused-ring (bicyclic) bond motifs is 2. The predicted molar refractivity (Wildman–Crippen MR) is 94.6 cm³/mol. The van der Waals surface area contributed by atoms with E-state index in [4.69, 9.17) is 0 Å². The second kappa shape index (κ2) is 5.40. The van der Waals surface area contributed by atoms with Gasteiger partial charge in [-0.15, -0.1) is 11.3 Å². The van der Waals surface area contributed by atoms with Gasteiger partial charge in [-0.2, -0.15) is 0 Å². The van der Waals surface area contributed by atoms with Crippen LogP contribution in [-0.4, -0.2) is 14.7 Å². The molecule has 0 bridgehead atoms. The van der Waals surface area contributed by atoms with Gasteiger partial charge in [-0.05, 0) is 36.0 Å². The van der Waals surface area contributed by atoms with Crippen LogP contribution >= 0.6 is 23.1 Å². The van der Waals surface area contributed by atoms with Gasteiger partial charge in [-0.3, -0.25) is 4.79 Å². The topological polar surface area (TPSA) is 55.1 Å². The van der Waals surface area contributed by atoms with Gasteiger partial charge in [0.1, 0.15) is 10.6 Å². The molecule has 0 unspecified atom stereocenters. The Labute approximate surface area is 140 Å². The van der Waals surface area contributed by atoms with Crippen LogP contribution < -0.4 is 5.56 Å². The highest BCUT2D eigenvalue weighted by Crippen LogP contribution is 2.39. The number of aryl methyl sites for hydroxylation is 1. The van der Waals surface area contributed by atoms with Crippen molar-refractivity contribution in [1.82, 2.24) is 9.55 Å². The summed E-state index contributed by atoms with van der Waals surface area (Å²) >= 11 is 2.73. The van der Waals surface area contributed by atoms with Crippen LogP contribution in [0.15, 0.2) is 62.6 Å². The molecule has 2 heterocycles. The first-order valence-corrected chi connectivity index (χ1v) is 8.62.